The Morgan fingerprint density at radius 2 is 1.46 bits per heavy atom. The molecule has 5 aromatic heterocycles. The molecule has 0 saturated carbocycles. The summed E-state index contributed by atoms with van der Waals surface area (Å²) < 4.78 is 8.49. The molecular weight excluding hydrogens is 967 g/mol. The molecule has 0 aliphatic carbocycles. The molecule has 6 nitrogen and oxygen atoms in total. The van der Waals surface area contributed by atoms with Crippen LogP contribution in [0.2, 0.25) is 19.6 Å². The zero-order chi connectivity index (χ0) is 44.1. The smallest absolute Gasteiger partial charge is 0.141 e. The topological polar surface area (TPSA) is 69.6 Å². The summed E-state index contributed by atoms with van der Waals surface area (Å²) in [4.78, 5) is 19.3. The SMILES string of the molecule is CC(C)c1cc(-c2[c-]cccc2)ncc1[Si](C)(C)C.Cc1ccc(C)c2c1oc1n[c-]c(-c3nc4cnc(C(C)C)cc4n3-c3ccc(-c4ccccc4)cc3C(C)(C)C)cc12.[Ir]. The number of benzene rings is 4. The maximum atomic E-state index is 6.21. The van der Waals surface area contributed by atoms with Gasteiger partial charge in [0.05, 0.1) is 31.1 Å². The minimum atomic E-state index is -1.34. The Morgan fingerprint density at radius 3 is 2.13 bits per heavy atom. The zero-order valence-corrected chi connectivity index (χ0v) is 42.0. The maximum Gasteiger partial charge on any atom is 0.141 e. The molecule has 8 heteroatoms. The van der Waals surface area contributed by atoms with Gasteiger partial charge in [0.25, 0.3) is 0 Å². The van der Waals surface area contributed by atoms with Crippen molar-refractivity contribution in [3.05, 3.63) is 156 Å². The predicted octanol–water partition coefficient (Wildman–Crippen LogP) is 14.1. The predicted molar refractivity (Wildman–Crippen MR) is 261 cm³/mol. The Hall–Kier alpha value is -5.53. The minimum absolute atomic E-state index is 0. The van der Waals surface area contributed by atoms with E-state index in [1.165, 1.54) is 27.4 Å². The average molecular weight is 1020 g/mol. The molecule has 9 aromatic rings. The van der Waals surface area contributed by atoms with Gasteiger partial charge >= 0.3 is 0 Å². The normalized spacial score (nSPS) is 12.0. The van der Waals surface area contributed by atoms with E-state index in [0.29, 0.717) is 11.6 Å². The molecule has 1 radical (unpaired) electrons. The molecule has 0 atom stereocenters. The fourth-order valence-electron chi connectivity index (χ4n) is 8.28. The summed E-state index contributed by atoms with van der Waals surface area (Å²) in [5, 5.41) is 3.54. The van der Waals surface area contributed by atoms with Gasteiger partial charge < -0.3 is 19.0 Å². The molecule has 4 aromatic carbocycles. The molecule has 0 aliphatic heterocycles. The first-order valence-corrected chi connectivity index (χ1v) is 25.3. The summed E-state index contributed by atoms with van der Waals surface area (Å²) in [7, 11) is -1.34. The van der Waals surface area contributed by atoms with Gasteiger partial charge in [-0.3, -0.25) is 9.97 Å². The second-order valence-electron chi connectivity index (χ2n) is 19.2. The van der Waals surface area contributed by atoms with Crippen LogP contribution in [0.5, 0.6) is 0 Å². The molecule has 0 bridgehead atoms. The van der Waals surface area contributed by atoms with Gasteiger partial charge in [0.2, 0.25) is 0 Å². The van der Waals surface area contributed by atoms with Crippen molar-refractivity contribution in [2.24, 2.45) is 0 Å². The van der Waals surface area contributed by atoms with Crippen molar-refractivity contribution < 1.29 is 24.5 Å². The van der Waals surface area contributed by atoms with Gasteiger partial charge in [0.15, 0.2) is 0 Å². The molecule has 9 rings (SSSR count). The Kier molecular flexibility index (Phi) is 12.9. The average Bonchev–Trinajstić information content (AvgIpc) is 3.84. The summed E-state index contributed by atoms with van der Waals surface area (Å²) in [6.45, 7) is 27.0. The molecule has 0 N–H and O–H groups in total. The third kappa shape index (κ3) is 9.13. The van der Waals surface area contributed by atoms with E-state index in [2.05, 4.69) is 195 Å². The van der Waals surface area contributed by atoms with Gasteiger partial charge in [0.1, 0.15) is 11.3 Å². The first kappa shape index (κ1) is 45.5. The molecule has 0 fully saturated rings. The van der Waals surface area contributed by atoms with Crippen LogP contribution in [0.3, 0.4) is 0 Å². The van der Waals surface area contributed by atoms with Crippen molar-refractivity contribution in [1.29, 1.82) is 0 Å². The Labute approximate surface area is 387 Å². The van der Waals surface area contributed by atoms with Crippen LogP contribution in [0, 0.1) is 26.1 Å². The molecular formula is C55H57IrN5OSi-2. The summed E-state index contributed by atoms with van der Waals surface area (Å²) in [6.07, 6.45) is 7.27. The molecule has 0 saturated heterocycles. The van der Waals surface area contributed by atoms with Gasteiger partial charge in [-0.15, -0.1) is 42.0 Å². The van der Waals surface area contributed by atoms with Crippen LogP contribution in [-0.2, 0) is 25.5 Å². The molecule has 63 heavy (non-hydrogen) atoms. The molecule has 323 valence electrons. The third-order valence-electron chi connectivity index (χ3n) is 11.7. The Morgan fingerprint density at radius 1 is 0.730 bits per heavy atom. The van der Waals surface area contributed by atoms with Crippen LogP contribution in [0.4, 0.5) is 0 Å². The van der Waals surface area contributed by atoms with Crippen LogP contribution in [0.1, 0.15) is 88.2 Å². The van der Waals surface area contributed by atoms with Crippen LogP contribution in [0.25, 0.3) is 72.6 Å². The van der Waals surface area contributed by atoms with E-state index in [9.17, 15) is 0 Å². The van der Waals surface area contributed by atoms with Gasteiger partial charge in [0, 0.05) is 43.1 Å². The number of aromatic nitrogens is 5. The fraction of sp³-hybridized carbons (Fsp3) is 0.273. The van der Waals surface area contributed by atoms with Gasteiger partial charge in [-0.25, -0.2) is 0 Å². The van der Waals surface area contributed by atoms with Crippen molar-refractivity contribution in [3.8, 4) is 39.5 Å². The maximum absolute atomic E-state index is 6.21. The van der Waals surface area contributed by atoms with Crippen LogP contribution in [-0.4, -0.2) is 32.6 Å². The Bertz CT molecular complexity index is 3060. The van der Waals surface area contributed by atoms with E-state index in [1.807, 2.05) is 24.4 Å². The minimum Gasteiger partial charge on any atom is -0.482 e. The monoisotopic (exact) mass is 1020 g/mol. The van der Waals surface area contributed by atoms with Gasteiger partial charge in [-0.05, 0) is 99.6 Å². The van der Waals surface area contributed by atoms with Gasteiger partial charge in [-0.2, -0.15) is 0 Å². The van der Waals surface area contributed by atoms with Crippen molar-refractivity contribution >= 4 is 46.4 Å². The first-order valence-electron chi connectivity index (χ1n) is 21.8. The molecule has 0 spiro atoms. The van der Waals surface area contributed by atoms with E-state index in [4.69, 9.17) is 19.4 Å². The number of hydrogen-bond acceptors (Lipinski definition) is 5. The number of nitrogens with zero attached hydrogens (tertiary/aromatic N) is 5. The largest absolute Gasteiger partial charge is 0.482 e. The standard InChI is InChI=1S/C38H35N4O.C17H22NSi.Ir/c1-22(2)30-19-33-31(21-39-30)41-36(27-17-28-34-23(3)13-14-24(4)35(34)43-37(28)40-20-27)42(33)32-16-15-26(18-29(32)38(5,6)7)25-11-9-8-10-12-25;1-13(2)15-11-16(14-9-7-6-8-10-14)18-12-17(15)19(3,4)5;/h8-19,21-22H,1-7H3;6-9,11-13H,1-5H3;/q2*-1;. The second kappa shape index (κ2) is 17.9. The number of pyridine rings is 3. The summed E-state index contributed by atoms with van der Waals surface area (Å²) in [5.41, 5.74) is 15.5. The number of imidazole rings is 1. The van der Waals surface area contributed by atoms with E-state index in [-0.39, 0.29) is 31.4 Å². The Balaban J connectivity index is 0.000000251. The number of fused-ring (bicyclic) bond motifs is 4. The number of aryl methyl sites for hydroxylation is 2. The van der Waals surface area contributed by atoms with Crippen molar-refractivity contribution in [2.75, 3.05) is 0 Å². The van der Waals surface area contributed by atoms with E-state index < -0.39 is 8.07 Å². The zero-order valence-electron chi connectivity index (χ0n) is 38.6. The molecule has 0 unspecified atom stereocenters. The van der Waals surface area contributed by atoms with Crippen molar-refractivity contribution in [1.82, 2.24) is 24.5 Å². The third-order valence-corrected chi connectivity index (χ3v) is 13.8. The summed E-state index contributed by atoms with van der Waals surface area (Å²) in [6, 6.07) is 39.4. The molecule has 0 amide bonds. The van der Waals surface area contributed by atoms with Crippen LogP contribution < -0.4 is 5.19 Å². The van der Waals surface area contributed by atoms with Crippen LogP contribution in [0.15, 0.2) is 120 Å². The van der Waals surface area contributed by atoms with Crippen LogP contribution >= 0.6 is 0 Å². The molecule has 0 aliphatic rings. The fourth-order valence-corrected chi connectivity index (χ4v) is 9.96. The van der Waals surface area contributed by atoms with Gasteiger partial charge in [-0.1, -0.05) is 134 Å². The number of hydrogen-bond donors (Lipinski definition) is 0. The van der Waals surface area contributed by atoms with E-state index in [1.54, 1.807) is 0 Å². The molecule has 5 heterocycles. The second-order valence-corrected chi connectivity index (χ2v) is 24.3. The van der Waals surface area contributed by atoms with E-state index in [0.717, 1.165) is 72.5 Å². The van der Waals surface area contributed by atoms with Crippen molar-refractivity contribution in [3.63, 3.8) is 0 Å². The van der Waals surface area contributed by atoms with E-state index >= 15 is 0 Å². The summed E-state index contributed by atoms with van der Waals surface area (Å²) in [5.74, 6) is 1.60. The number of rotatable bonds is 7. The van der Waals surface area contributed by atoms with Crippen molar-refractivity contribution in [2.45, 2.75) is 99.2 Å². The quantitative estimate of drug-likeness (QED) is 0.118. The number of furan rings is 1. The summed E-state index contributed by atoms with van der Waals surface area (Å²) >= 11 is 0. The first-order chi connectivity index (χ1) is 29.5.